The number of Topliss-reactive ketones (excluding diaryl/α,β-unsaturated/α-hetero) is 1. The van der Waals surface area contributed by atoms with Gasteiger partial charge in [0.25, 0.3) is 0 Å². The van der Waals surface area contributed by atoms with E-state index >= 15 is 0 Å². The first-order valence-electron chi connectivity index (χ1n) is 9.40. The van der Waals surface area contributed by atoms with Gasteiger partial charge in [0.15, 0.2) is 5.78 Å². The van der Waals surface area contributed by atoms with Crippen LogP contribution in [0.5, 0.6) is 0 Å². The fourth-order valence-corrected chi connectivity index (χ4v) is 3.81. The van der Waals surface area contributed by atoms with Crippen molar-refractivity contribution in [2.45, 2.75) is 12.1 Å². The zero-order chi connectivity index (χ0) is 25.0. The summed E-state index contributed by atoms with van der Waals surface area (Å²) < 4.78 is 56.0. The highest BCUT2D eigenvalue weighted by Crippen LogP contribution is 2.42. The van der Waals surface area contributed by atoms with Gasteiger partial charge in [0.05, 0.1) is 26.6 Å². The second kappa shape index (κ2) is 10.9. The molecule has 3 rings (SSSR count). The predicted octanol–water partition coefficient (Wildman–Crippen LogP) is 8.04. The van der Waals surface area contributed by atoms with Crippen LogP contribution in [-0.2, 0) is 0 Å². The second-order valence-corrected chi connectivity index (χ2v) is 8.48. The minimum absolute atomic E-state index is 0.0466. The Bertz CT molecular complexity index is 1210. The third-order valence-corrected chi connectivity index (χ3v) is 6.06. The zero-order valence-electron chi connectivity index (χ0n) is 16.8. The Labute approximate surface area is 211 Å². The molecule has 0 aliphatic carbocycles. The number of hydrogen-bond acceptors (Lipinski definition) is 4. The number of alkyl halides is 3. The topological polar surface area (TPSA) is 54.9 Å². The number of aromatic nitrogens is 2. The maximum Gasteiger partial charge on any atom is 0.399 e. The minimum Gasteiger partial charge on any atom is -0.347 e. The van der Waals surface area contributed by atoms with E-state index in [0.717, 1.165) is 24.3 Å². The summed E-state index contributed by atoms with van der Waals surface area (Å²) >= 11 is 23.6. The first kappa shape index (κ1) is 26.2. The molecule has 12 heteroatoms. The van der Waals surface area contributed by atoms with Gasteiger partial charge >= 0.3 is 6.18 Å². The first-order valence-corrected chi connectivity index (χ1v) is 10.9. The van der Waals surface area contributed by atoms with Crippen molar-refractivity contribution < 1.29 is 22.4 Å². The largest absolute Gasteiger partial charge is 0.399 e. The number of nitrogens with zero attached hydrogens (tertiary/aromatic N) is 2. The van der Waals surface area contributed by atoms with Crippen molar-refractivity contribution in [1.82, 2.24) is 9.97 Å². The first-order chi connectivity index (χ1) is 16.0. The van der Waals surface area contributed by atoms with E-state index in [0.29, 0.717) is 6.08 Å². The van der Waals surface area contributed by atoms with Crippen LogP contribution in [0.15, 0.2) is 54.9 Å². The quantitative estimate of drug-likeness (QED) is 0.183. The van der Waals surface area contributed by atoms with Crippen molar-refractivity contribution in [1.29, 1.82) is 0 Å². The van der Waals surface area contributed by atoms with Crippen LogP contribution in [0.3, 0.4) is 0 Å². The SMILES string of the molecule is O=C(CNc1ncccn1)c1ccc(/C(F)=C/C(c2cc(Cl)c(Cl)c(Cl)c2)C(F)(F)F)cc1Cl. The van der Waals surface area contributed by atoms with Crippen LogP contribution >= 0.6 is 46.4 Å². The molecule has 0 aliphatic rings. The zero-order valence-corrected chi connectivity index (χ0v) is 19.8. The molecule has 178 valence electrons. The molecule has 4 nitrogen and oxygen atoms in total. The van der Waals surface area contributed by atoms with Crippen LogP contribution in [0.1, 0.15) is 27.4 Å². The maximum absolute atomic E-state index is 14.9. The van der Waals surface area contributed by atoms with Gasteiger partial charge in [0, 0.05) is 23.5 Å². The number of carbonyl (C=O) groups excluding carboxylic acids is 1. The highest BCUT2D eigenvalue weighted by atomic mass is 35.5. The molecule has 2 aromatic carbocycles. The molecule has 1 heterocycles. The normalized spacial score (nSPS) is 13.0. The summed E-state index contributed by atoms with van der Waals surface area (Å²) in [5, 5.41) is 2.06. The van der Waals surface area contributed by atoms with Crippen molar-refractivity contribution in [2.75, 3.05) is 11.9 Å². The highest BCUT2D eigenvalue weighted by Gasteiger charge is 2.40. The van der Waals surface area contributed by atoms with E-state index < -0.39 is 29.3 Å². The molecule has 1 N–H and O–H groups in total. The van der Waals surface area contributed by atoms with E-state index in [1.54, 1.807) is 6.07 Å². The van der Waals surface area contributed by atoms with Crippen LogP contribution in [-0.4, -0.2) is 28.5 Å². The molecule has 0 radical (unpaired) electrons. The Morgan fingerprint density at radius 3 is 2.18 bits per heavy atom. The number of carbonyl (C=O) groups is 1. The van der Waals surface area contributed by atoms with Crippen molar-refractivity contribution >= 4 is 64.0 Å². The Morgan fingerprint density at radius 2 is 1.62 bits per heavy atom. The molecule has 1 atom stereocenters. The van der Waals surface area contributed by atoms with Crippen LogP contribution < -0.4 is 5.32 Å². The van der Waals surface area contributed by atoms with Gasteiger partial charge in [-0.2, -0.15) is 13.2 Å². The summed E-state index contributed by atoms with van der Waals surface area (Å²) in [5.74, 6) is -3.80. The second-order valence-electron chi connectivity index (χ2n) is 6.88. The van der Waals surface area contributed by atoms with Gasteiger partial charge in [-0.3, -0.25) is 4.79 Å². The van der Waals surface area contributed by atoms with Gasteiger partial charge < -0.3 is 5.32 Å². The van der Waals surface area contributed by atoms with Crippen LogP contribution in [0.4, 0.5) is 23.5 Å². The van der Waals surface area contributed by atoms with E-state index in [1.165, 1.54) is 18.5 Å². The lowest BCUT2D eigenvalue weighted by Crippen LogP contribution is -2.19. The van der Waals surface area contributed by atoms with Gasteiger partial charge in [-0.05, 0) is 42.0 Å². The summed E-state index contributed by atoms with van der Waals surface area (Å²) in [6.07, 6.45) is -1.52. The van der Waals surface area contributed by atoms with E-state index in [-0.39, 0.29) is 43.7 Å². The molecule has 3 aromatic rings. The van der Waals surface area contributed by atoms with Crippen molar-refractivity contribution in [3.05, 3.63) is 91.6 Å². The number of anilines is 1. The lowest BCUT2D eigenvalue weighted by atomic mass is 9.96. The molecule has 0 saturated carbocycles. The Kier molecular flexibility index (Phi) is 8.41. The van der Waals surface area contributed by atoms with Gasteiger partial charge in [0.2, 0.25) is 5.95 Å². The summed E-state index contributed by atoms with van der Waals surface area (Å²) in [7, 11) is 0. The van der Waals surface area contributed by atoms with E-state index in [2.05, 4.69) is 15.3 Å². The van der Waals surface area contributed by atoms with Gasteiger partial charge in [0.1, 0.15) is 11.7 Å². The Morgan fingerprint density at radius 1 is 1.00 bits per heavy atom. The van der Waals surface area contributed by atoms with Gasteiger partial charge in [-0.15, -0.1) is 0 Å². The average molecular weight is 553 g/mol. The smallest absolute Gasteiger partial charge is 0.347 e. The number of allylic oxidation sites excluding steroid dienone is 1. The third kappa shape index (κ3) is 6.39. The molecule has 0 saturated heterocycles. The molecule has 0 bridgehead atoms. The fourth-order valence-electron chi connectivity index (χ4n) is 2.91. The van der Waals surface area contributed by atoms with Crippen molar-refractivity contribution in [3.63, 3.8) is 0 Å². The monoisotopic (exact) mass is 551 g/mol. The van der Waals surface area contributed by atoms with Gasteiger partial charge in [-0.1, -0.05) is 52.5 Å². The molecule has 0 spiro atoms. The summed E-state index contributed by atoms with van der Waals surface area (Å²) in [4.78, 5) is 20.2. The molecule has 0 aliphatic heterocycles. The summed E-state index contributed by atoms with van der Waals surface area (Å²) in [6.45, 7) is -0.199. The molecule has 0 amide bonds. The average Bonchev–Trinajstić information content (AvgIpc) is 2.78. The lowest BCUT2D eigenvalue weighted by molar-refractivity contribution is -0.139. The lowest BCUT2D eigenvalue weighted by Gasteiger charge is -2.19. The molecule has 1 aromatic heterocycles. The fraction of sp³-hybridized carbons (Fsp3) is 0.136. The predicted molar refractivity (Wildman–Crippen MR) is 126 cm³/mol. The minimum atomic E-state index is -4.86. The summed E-state index contributed by atoms with van der Waals surface area (Å²) in [5.41, 5.74) is -0.597. The van der Waals surface area contributed by atoms with E-state index in [1.807, 2.05) is 0 Å². The molecule has 0 fully saturated rings. The van der Waals surface area contributed by atoms with Crippen molar-refractivity contribution in [2.24, 2.45) is 0 Å². The van der Waals surface area contributed by atoms with E-state index in [9.17, 15) is 22.4 Å². The van der Waals surface area contributed by atoms with Crippen LogP contribution in [0.25, 0.3) is 5.83 Å². The summed E-state index contributed by atoms with van der Waals surface area (Å²) in [6, 6.07) is 6.98. The molecular formula is C22H13Cl4F4N3O. The van der Waals surface area contributed by atoms with Crippen LogP contribution in [0.2, 0.25) is 20.1 Å². The number of nitrogens with one attached hydrogen (secondary N) is 1. The highest BCUT2D eigenvalue weighted by molar-refractivity contribution is 6.48. The Hall–Kier alpha value is -2.39. The molecule has 34 heavy (non-hydrogen) atoms. The molecule has 1 unspecified atom stereocenters. The molecular weight excluding hydrogens is 540 g/mol. The number of halogens is 8. The maximum atomic E-state index is 14.9. The number of rotatable bonds is 7. The Balaban J connectivity index is 1.86. The number of ketones is 1. The standard InChI is InChI=1S/C22H13Cl4F4N3O/c23-15-6-11(2-3-13(15)19(34)10-33-21-31-4-1-5-32-21)18(27)9-14(22(28,29)30)12-7-16(24)20(26)17(25)8-12/h1-9,14H,10H2,(H,31,32,33)/b18-9-. The van der Waals surface area contributed by atoms with Gasteiger partial charge in [-0.25, -0.2) is 14.4 Å². The third-order valence-electron chi connectivity index (χ3n) is 4.55. The number of hydrogen-bond donors (Lipinski definition) is 1. The van der Waals surface area contributed by atoms with Crippen LogP contribution in [0, 0.1) is 0 Å². The van der Waals surface area contributed by atoms with E-state index in [4.69, 9.17) is 46.4 Å². The van der Waals surface area contributed by atoms with Crippen molar-refractivity contribution in [3.8, 4) is 0 Å². The number of benzene rings is 2.